The van der Waals surface area contributed by atoms with Gasteiger partial charge in [-0.15, -0.1) is 0 Å². The zero-order chi connectivity index (χ0) is 39.5. The second-order valence-electron chi connectivity index (χ2n) is 17.6. The number of rotatable bonds is 13. The number of carbonyl (C=O) groups is 2. The summed E-state index contributed by atoms with van der Waals surface area (Å²) < 4.78 is 7.79. The molecule has 5 aromatic rings. The van der Waals surface area contributed by atoms with E-state index in [1.807, 2.05) is 61.5 Å². The molecule has 4 bridgehead atoms. The van der Waals surface area contributed by atoms with Crippen molar-refractivity contribution in [3.8, 4) is 11.3 Å². The second-order valence-corrected chi connectivity index (χ2v) is 18.7. The summed E-state index contributed by atoms with van der Waals surface area (Å²) in [6.07, 6.45) is 7.91. The van der Waals surface area contributed by atoms with Gasteiger partial charge in [0.25, 0.3) is 5.91 Å². The number of pyridine rings is 1. The summed E-state index contributed by atoms with van der Waals surface area (Å²) in [6, 6.07) is 22.5. The van der Waals surface area contributed by atoms with Crippen molar-refractivity contribution < 1.29 is 19.4 Å². The minimum Gasteiger partial charge on any atom is -0.476 e. The molecule has 9 rings (SSSR count). The number of allylic oxidation sites excluding steroid dienone is 2. The molecule has 2 unspecified atom stereocenters. The summed E-state index contributed by atoms with van der Waals surface area (Å²) in [5.41, 5.74) is 4.27. The van der Waals surface area contributed by atoms with Gasteiger partial charge in [0.1, 0.15) is 0 Å². The Labute approximate surface area is 331 Å². The average Bonchev–Trinajstić information content (AvgIpc) is 3.54. The molecule has 4 N–H and O–H groups in total. The molecule has 10 nitrogen and oxygen atoms in total. The van der Waals surface area contributed by atoms with E-state index in [1.165, 1.54) is 24.0 Å². The summed E-state index contributed by atoms with van der Waals surface area (Å²) in [7, 11) is 4.17. The molecule has 2 heterocycles. The third-order valence-electron chi connectivity index (χ3n) is 12.2. The first-order chi connectivity index (χ1) is 26.7. The predicted octanol–water partition coefficient (Wildman–Crippen LogP) is 9.13. The maximum atomic E-state index is 13.6. The highest BCUT2D eigenvalue weighted by molar-refractivity contribution is 7.22. The van der Waals surface area contributed by atoms with E-state index in [0.717, 1.165) is 73.1 Å². The number of carboxylic acid groups (broad SMARTS) is 1. The summed E-state index contributed by atoms with van der Waals surface area (Å²) in [4.78, 5) is 37.8. The van der Waals surface area contributed by atoms with Gasteiger partial charge in [-0.3, -0.25) is 10.1 Å². The lowest BCUT2D eigenvalue weighted by molar-refractivity contribution is -0.243. The van der Waals surface area contributed by atoms with Gasteiger partial charge in [0.2, 0.25) is 0 Å². The number of thiazole rings is 1. The number of nitrogens with one attached hydrogen (secondary N) is 3. The van der Waals surface area contributed by atoms with Crippen LogP contribution in [0.3, 0.4) is 0 Å². The smallest absolute Gasteiger partial charge is 0.355 e. The number of para-hydroxylation sites is 1. The molecule has 0 spiro atoms. The molecule has 4 fully saturated rings. The van der Waals surface area contributed by atoms with E-state index in [1.54, 1.807) is 18.2 Å². The Morgan fingerprint density at radius 1 is 0.929 bits per heavy atom. The Morgan fingerprint density at radius 3 is 2.41 bits per heavy atom. The van der Waals surface area contributed by atoms with Crippen molar-refractivity contribution in [3.63, 3.8) is 0 Å². The fourth-order valence-corrected chi connectivity index (χ4v) is 12.0. The number of aromatic nitrogens is 2. The number of carbonyl (C=O) groups excluding carboxylic acids is 1. The first-order valence-corrected chi connectivity index (χ1v) is 20.2. The zero-order valence-electron chi connectivity index (χ0n) is 32.8. The predicted molar refractivity (Wildman–Crippen MR) is 225 cm³/mol. The lowest BCUT2D eigenvalue weighted by Gasteiger charge is -2.69. The first kappa shape index (κ1) is 37.9. The van der Waals surface area contributed by atoms with Crippen molar-refractivity contribution >= 4 is 61.1 Å². The SMILES string of the molecule is C/C(NCC12CC3(C)CC(C)(C1)CC(OCCN(C)C)(C3)C2)=C(/C=N)c1ccc(-c2ccc3cccc(C(=O)Nc4nc5ccccc5s4)c3c2)nc1C(=O)O. The number of ether oxygens (including phenoxy) is 1. The van der Waals surface area contributed by atoms with Gasteiger partial charge in [-0.05, 0) is 123 Å². The van der Waals surface area contributed by atoms with Gasteiger partial charge in [-0.1, -0.05) is 61.6 Å². The fourth-order valence-electron chi connectivity index (χ4n) is 11.1. The number of nitrogens with zero attached hydrogens (tertiary/aromatic N) is 3. The van der Waals surface area contributed by atoms with Gasteiger partial charge < -0.3 is 25.5 Å². The number of likely N-dealkylation sites (N-methyl/N-ethyl adjacent to an activating group) is 1. The van der Waals surface area contributed by atoms with Gasteiger partial charge in [0, 0.05) is 47.3 Å². The van der Waals surface area contributed by atoms with Gasteiger partial charge in [0.15, 0.2) is 10.8 Å². The van der Waals surface area contributed by atoms with Crippen LogP contribution < -0.4 is 10.6 Å². The number of benzene rings is 3. The van der Waals surface area contributed by atoms with E-state index in [-0.39, 0.29) is 33.4 Å². The van der Waals surface area contributed by atoms with E-state index in [2.05, 4.69) is 53.4 Å². The molecule has 4 aliphatic carbocycles. The molecule has 0 aliphatic heterocycles. The van der Waals surface area contributed by atoms with Crippen molar-refractivity contribution in [2.45, 2.75) is 64.9 Å². The average molecular weight is 771 g/mol. The summed E-state index contributed by atoms with van der Waals surface area (Å²) >= 11 is 1.42. The van der Waals surface area contributed by atoms with Gasteiger partial charge in [-0.2, -0.15) is 0 Å². The molecule has 2 aromatic heterocycles. The molecule has 3 aromatic carbocycles. The van der Waals surface area contributed by atoms with E-state index in [0.29, 0.717) is 38.5 Å². The van der Waals surface area contributed by atoms with E-state index < -0.39 is 5.97 Å². The highest BCUT2D eigenvalue weighted by atomic mass is 32.1. The molecule has 56 heavy (non-hydrogen) atoms. The Balaban J connectivity index is 1.06. The molecule has 0 radical (unpaired) electrons. The van der Waals surface area contributed by atoms with E-state index >= 15 is 0 Å². The van der Waals surface area contributed by atoms with Crippen LogP contribution in [0.4, 0.5) is 5.13 Å². The highest BCUT2D eigenvalue weighted by Crippen LogP contribution is 2.71. The molecule has 1 amide bonds. The van der Waals surface area contributed by atoms with Crippen molar-refractivity contribution in [3.05, 3.63) is 95.3 Å². The van der Waals surface area contributed by atoms with Crippen molar-refractivity contribution in [1.29, 1.82) is 5.41 Å². The lowest BCUT2D eigenvalue weighted by atomic mass is 9.39. The van der Waals surface area contributed by atoms with E-state index in [4.69, 9.17) is 10.1 Å². The molecular weight excluding hydrogens is 721 g/mol. The number of amides is 1. The normalized spacial score (nSPS) is 25.8. The summed E-state index contributed by atoms with van der Waals surface area (Å²) in [5.74, 6) is -1.46. The van der Waals surface area contributed by atoms with Gasteiger partial charge >= 0.3 is 5.97 Å². The summed E-state index contributed by atoms with van der Waals surface area (Å²) in [5, 5.41) is 27.6. The van der Waals surface area contributed by atoms with Crippen LogP contribution in [0.2, 0.25) is 0 Å². The topological polar surface area (TPSA) is 141 Å². The molecule has 11 heteroatoms. The van der Waals surface area contributed by atoms with Gasteiger partial charge in [-0.25, -0.2) is 14.8 Å². The second kappa shape index (κ2) is 14.2. The largest absolute Gasteiger partial charge is 0.476 e. The third kappa shape index (κ3) is 7.24. The summed E-state index contributed by atoms with van der Waals surface area (Å²) in [6.45, 7) is 9.16. The number of hydrogen-bond acceptors (Lipinski definition) is 9. The molecule has 2 atom stereocenters. The Hall–Kier alpha value is -4.97. The van der Waals surface area contributed by atoms with Crippen molar-refractivity contribution in [1.82, 2.24) is 20.2 Å². The van der Waals surface area contributed by atoms with Crippen molar-refractivity contribution in [2.24, 2.45) is 16.2 Å². The number of aromatic carboxylic acids is 1. The minimum atomic E-state index is -1.18. The Kier molecular flexibility index (Phi) is 9.62. The maximum Gasteiger partial charge on any atom is 0.355 e. The maximum absolute atomic E-state index is 13.6. The standard InChI is InChI=1S/C45H50N6O4S/c1-28(47-27-44-22-42(2)21-43(3,23-44)25-45(24-42,26-44)55-18-17-51(4)5)34(20-46)31-15-16-35(48-38(31)40(53)54)30-14-13-29-9-8-10-32(33(29)19-30)39(52)50-41-49-36-11-6-7-12-37(36)56-41/h6-16,19-20,46-47H,17-18,21-27H2,1-5H3,(H,53,54)(H,49,50,52)/b34-28+,46-20?. The van der Waals surface area contributed by atoms with Crippen LogP contribution in [0.5, 0.6) is 0 Å². The molecule has 0 saturated heterocycles. The lowest BCUT2D eigenvalue weighted by Crippen LogP contribution is -2.65. The Morgan fingerprint density at radius 2 is 1.70 bits per heavy atom. The van der Waals surface area contributed by atoms with Crippen molar-refractivity contribution in [2.75, 3.05) is 39.1 Å². The minimum absolute atomic E-state index is 0.0444. The molecule has 4 aliphatic rings. The Bertz CT molecular complexity index is 2370. The first-order valence-electron chi connectivity index (χ1n) is 19.4. The molecule has 290 valence electrons. The monoisotopic (exact) mass is 770 g/mol. The van der Waals surface area contributed by atoms with Crippen LogP contribution in [0.25, 0.3) is 37.8 Å². The molecule has 4 saturated carbocycles. The fraction of sp³-hybridized carbons (Fsp3) is 0.400. The zero-order valence-corrected chi connectivity index (χ0v) is 33.6. The van der Waals surface area contributed by atoms with Crippen LogP contribution in [0.1, 0.15) is 85.7 Å². The quantitative estimate of drug-likeness (QED) is 0.0870. The molecular formula is C45H50N6O4S. The number of carboxylic acids is 1. The van der Waals surface area contributed by atoms with Crippen LogP contribution in [0, 0.1) is 21.7 Å². The number of hydrogen-bond donors (Lipinski definition) is 4. The third-order valence-corrected chi connectivity index (χ3v) is 13.2. The highest BCUT2D eigenvalue weighted by Gasteiger charge is 2.66. The van der Waals surface area contributed by atoms with Crippen LogP contribution in [-0.2, 0) is 4.74 Å². The number of anilines is 1. The van der Waals surface area contributed by atoms with Crippen LogP contribution in [-0.4, -0.2) is 77.5 Å². The van der Waals surface area contributed by atoms with Gasteiger partial charge in [0.05, 0.1) is 28.1 Å². The number of fused-ring (bicyclic) bond motifs is 2. The van der Waals surface area contributed by atoms with Crippen LogP contribution in [0.15, 0.2) is 78.5 Å². The van der Waals surface area contributed by atoms with Crippen LogP contribution >= 0.6 is 11.3 Å². The van der Waals surface area contributed by atoms with E-state index in [9.17, 15) is 14.7 Å².